The van der Waals surface area contributed by atoms with Gasteiger partial charge < -0.3 is 19.3 Å². The average Bonchev–Trinajstić information content (AvgIpc) is 3.37. The molecule has 1 aromatic carbocycles. The van der Waals surface area contributed by atoms with E-state index in [1.54, 1.807) is 0 Å². The highest BCUT2D eigenvalue weighted by atomic mass is 16.5. The smallest absolute Gasteiger partial charge is 0.222 e. The number of hydrogen-bond acceptors (Lipinski definition) is 4. The predicted molar refractivity (Wildman–Crippen MR) is 114 cm³/mol. The fraction of sp³-hybridized carbons (Fsp3) is 0.583. The molecular formula is C24H31N3O3. The van der Waals surface area contributed by atoms with Crippen molar-refractivity contribution in [2.24, 2.45) is 11.8 Å². The second-order valence-corrected chi connectivity index (χ2v) is 9.07. The minimum Gasteiger partial charge on any atom is -0.393 e. The number of piperidine rings is 1. The summed E-state index contributed by atoms with van der Waals surface area (Å²) < 4.78 is 7.60. The first-order chi connectivity index (χ1) is 14.7. The Morgan fingerprint density at radius 1 is 1.17 bits per heavy atom. The summed E-state index contributed by atoms with van der Waals surface area (Å²) in [6.07, 6.45) is 8.53. The van der Waals surface area contributed by atoms with Gasteiger partial charge in [0.2, 0.25) is 5.91 Å². The molecule has 3 aliphatic heterocycles. The van der Waals surface area contributed by atoms with Gasteiger partial charge in [0.05, 0.1) is 30.4 Å². The molecule has 0 spiro atoms. The van der Waals surface area contributed by atoms with E-state index in [9.17, 15) is 9.90 Å². The van der Waals surface area contributed by atoms with Crippen LogP contribution in [0.2, 0.25) is 0 Å². The lowest BCUT2D eigenvalue weighted by molar-refractivity contribution is -0.135. The van der Waals surface area contributed by atoms with Crippen LogP contribution in [0, 0.1) is 11.8 Å². The zero-order valence-corrected chi connectivity index (χ0v) is 17.4. The third kappa shape index (κ3) is 3.79. The standard InChI is InChI=1S/C24H31N3O3/c28-23(14-21-19-3-1-2-4-20(19)22-15-25-16-27(21)22)18-5-9-26(10-6-18)24(29)13-17-7-11-30-12-8-17/h1-4,15-18,21,23,28H,5-14H2/t21-,23?/m0/s1. The molecule has 2 atom stereocenters. The van der Waals surface area contributed by atoms with Gasteiger partial charge in [-0.25, -0.2) is 4.98 Å². The van der Waals surface area contributed by atoms with Gasteiger partial charge in [0.25, 0.3) is 0 Å². The number of hydrogen-bond donors (Lipinski definition) is 1. The summed E-state index contributed by atoms with van der Waals surface area (Å²) in [5.41, 5.74) is 3.63. The van der Waals surface area contributed by atoms with Crippen molar-refractivity contribution in [3.63, 3.8) is 0 Å². The molecule has 1 aromatic heterocycles. The van der Waals surface area contributed by atoms with Crippen molar-refractivity contribution >= 4 is 5.91 Å². The molecule has 160 valence electrons. The Balaban J connectivity index is 1.17. The van der Waals surface area contributed by atoms with Crippen LogP contribution in [0.4, 0.5) is 0 Å². The minimum atomic E-state index is -0.371. The number of nitrogens with zero attached hydrogens (tertiary/aromatic N) is 3. The van der Waals surface area contributed by atoms with Gasteiger partial charge in [0, 0.05) is 38.3 Å². The van der Waals surface area contributed by atoms with E-state index >= 15 is 0 Å². The van der Waals surface area contributed by atoms with Crippen LogP contribution in [-0.2, 0) is 9.53 Å². The average molecular weight is 410 g/mol. The number of benzene rings is 1. The summed E-state index contributed by atoms with van der Waals surface area (Å²) >= 11 is 0. The van der Waals surface area contributed by atoms with Crippen molar-refractivity contribution in [2.75, 3.05) is 26.3 Å². The van der Waals surface area contributed by atoms with Crippen LogP contribution in [0.1, 0.15) is 50.1 Å². The number of amides is 1. The number of likely N-dealkylation sites (tertiary alicyclic amines) is 1. The van der Waals surface area contributed by atoms with Gasteiger partial charge in [-0.15, -0.1) is 0 Å². The van der Waals surface area contributed by atoms with E-state index < -0.39 is 0 Å². The fourth-order valence-corrected chi connectivity index (χ4v) is 5.45. The molecule has 6 nitrogen and oxygen atoms in total. The van der Waals surface area contributed by atoms with E-state index in [1.165, 1.54) is 11.1 Å². The van der Waals surface area contributed by atoms with Gasteiger partial charge in [-0.1, -0.05) is 24.3 Å². The Morgan fingerprint density at radius 2 is 1.93 bits per heavy atom. The van der Waals surface area contributed by atoms with Crippen LogP contribution >= 0.6 is 0 Å². The summed E-state index contributed by atoms with van der Waals surface area (Å²) in [6, 6.07) is 8.57. The van der Waals surface area contributed by atoms with Gasteiger partial charge in [-0.2, -0.15) is 0 Å². The highest BCUT2D eigenvalue weighted by Gasteiger charge is 2.34. The third-order valence-corrected chi connectivity index (χ3v) is 7.30. The number of fused-ring (bicyclic) bond motifs is 3. The van der Waals surface area contributed by atoms with Crippen molar-refractivity contribution in [1.29, 1.82) is 0 Å². The van der Waals surface area contributed by atoms with Crippen LogP contribution in [0.5, 0.6) is 0 Å². The lowest BCUT2D eigenvalue weighted by Crippen LogP contribution is -2.42. The molecule has 0 radical (unpaired) electrons. The van der Waals surface area contributed by atoms with Crippen molar-refractivity contribution < 1.29 is 14.6 Å². The van der Waals surface area contributed by atoms with Crippen LogP contribution in [0.15, 0.2) is 36.8 Å². The number of aromatic nitrogens is 2. The molecule has 1 amide bonds. The minimum absolute atomic E-state index is 0.141. The SMILES string of the molecule is O=C(CC1CCOCC1)N1CCC(C(O)C[C@H]2c3ccccc3-c3cncn32)CC1. The van der Waals surface area contributed by atoms with Crippen molar-refractivity contribution in [3.05, 3.63) is 42.4 Å². The first-order valence-electron chi connectivity index (χ1n) is 11.4. The van der Waals surface area contributed by atoms with E-state index in [2.05, 4.69) is 33.8 Å². The topological polar surface area (TPSA) is 67.6 Å². The molecule has 4 heterocycles. The summed E-state index contributed by atoms with van der Waals surface area (Å²) in [6.45, 7) is 3.10. The maximum atomic E-state index is 12.7. The van der Waals surface area contributed by atoms with E-state index in [-0.39, 0.29) is 24.0 Å². The van der Waals surface area contributed by atoms with Crippen molar-refractivity contribution in [1.82, 2.24) is 14.5 Å². The van der Waals surface area contributed by atoms with E-state index in [0.717, 1.165) is 57.7 Å². The number of imidazole rings is 1. The monoisotopic (exact) mass is 409 g/mol. The lowest BCUT2D eigenvalue weighted by atomic mass is 9.86. The predicted octanol–water partition coefficient (Wildman–Crippen LogP) is 3.26. The Labute approximate surface area is 177 Å². The molecule has 6 heteroatoms. The molecule has 0 bridgehead atoms. The molecule has 0 saturated carbocycles. The van der Waals surface area contributed by atoms with Crippen LogP contribution < -0.4 is 0 Å². The molecule has 3 aliphatic rings. The Morgan fingerprint density at radius 3 is 2.73 bits per heavy atom. The van der Waals surface area contributed by atoms with Gasteiger partial charge in [-0.3, -0.25) is 4.79 Å². The van der Waals surface area contributed by atoms with Gasteiger partial charge in [0.15, 0.2) is 0 Å². The summed E-state index contributed by atoms with van der Waals surface area (Å²) in [7, 11) is 0. The van der Waals surface area contributed by atoms with Crippen LogP contribution in [0.3, 0.4) is 0 Å². The summed E-state index contributed by atoms with van der Waals surface area (Å²) in [4.78, 5) is 19.0. The number of carbonyl (C=O) groups excluding carboxylic acids is 1. The van der Waals surface area contributed by atoms with Gasteiger partial charge in [-0.05, 0) is 49.5 Å². The molecule has 1 N–H and O–H groups in total. The van der Waals surface area contributed by atoms with E-state index in [4.69, 9.17) is 4.74 Å². The number of aliphatic hydroxyl groups excluding tert-OH is 1. The van der Waals surface area contributed by atoms with Gasteiger partial charge in [0.1, 0.15) is 0 Å². The highest BCUT2D eigenvalue weighted by molar-refractivity contribution is 5.76. The van der Waals surface area contributed by atoms with Gasteiger partial charge >= 0.3 is 0 Å². The quantitative estimate of drug-likeness (QED) is 0.823. The number of aliphatic hydroxyl groups is 1. The maximum absolute atomic E-state index is 12.7. The molecule has 2 saturated heterocycles. The highest BCUT2D eigenvalue weighted by Crippen LogP contribution is 2.42. The van der Waals surface area contributed by atoms with Crippen LogP contribution in [-0.4, -0.2) is 57.9 Å². The maximum Gasteiger partial charge on any atom is 0.222 e. The number of rotatable bonds is 5. The Kier molecular flexibility index (Phi) is 5.61. The first-order valence-corrected chi connectivity index (χ1v) is 11.4. The number of ether oxygens (including phenoxy) is 1. The summed E-state index contributed by atoms with van der Waals surface area (Å²) in [5, 5.41) is 11.1. The fourth-order valence-electron chi connectivity index (χ4n) is 5.45. The molecule has 5 rings (SSSR count). The molecular weight excluding hydrogens is 378 g/mol. The molecule has 1 unspecified atom stereocenters. The molecule has 2 fully saturated rings. The van der Waals surface area contributed by atoms with Crippen molar-refractivity contribution in [2.45, 2.75) is 50.7 Å². The van der Waals surface area contributed by atoms with Crippen LogP contribution in [0.25, 0.3) is 11.3 Å². The normalized spacial score (nSPS) is 23.2. The first kappa shape index (κ1) is 19.8. The summed E-state index contributed by atoms with van der Waals surface area (Å²) in [5.74, 6) is 1.00. The second-order valence-electron chi connectivity index (χ2n) is 9.07. The second kappa shape index (κ2) is 8.52. The van der Waals surface area contributed by atoms with E-state index in [0.29, 0.717) is 18.8 Å². The zero-order chi connectivity index (χ0) is 20.5. The number of carbonyl (C=O) groups is 1. The molecule has 30 heavy (non-hydrogen) atoms. The Hall–Kier alpha value is -2.18. The largest absolute Gasteiger partial charge is 0.393 e. The zero-order valence-electron chi connectivity index (χ0n) is 17.4. The Bertz CT molecular complexity index is 881. The van der Waals surface area contributed by atoms with E-state index in [1.807, 2.05) is 17.4 Å². The van der Waals surface area contributed by atoms with Crippen molar-refractivity contribution in [3.8, 4) is 11.3 Å². The lowest BCUT2D eigenvalue weighted by Gasteiger charge is -2.36. The molecule has 2 aromatic rings. The molecule has 0 aliphatic carbocycles. The third-order valence-electron chi connectivity index (χ3n) is 7.30.